The van der Waals surface area contributed by atoms with Gasteiger partial charge >= 0.3 is 29.2 Å². The molecule has 0 aliphatic carbocycles. The van der Waals surface area contributed by atoms with Crippen LogP contribution in [0.25, 0.3) is 0 Å². The standard InChI is InChI=1S/C10H15F2N2O15P3/c11-3-10(18)6(15)5(27-8(10)14-1-4(12)7(16)13-9(14)17)2-26-31(22,23)29-32(24,25)28-30(19,20)21/h1,5-6,8,15,18H,2-3H2,(H,22,23)(H,24,25)(H,13,16,17)(H2,19,20,21)/t5-,6+,8-,10?/m1/s1. The molecule has 0 bridgehead atoms. The smallest absolute Gasteiger partial charge is 0.387 e. The highest BCUT2D eigenvalue weighted by Gasteiger charge is 2.57. The molecule has 0 radical (unpaired) electrons. The molecule has 0 spiro atoms. The Morgan fingerprint density at radius 2 is 1.75 bits per heavy atom. The molecule has 1 aromatic rings. The number of aromatic amines is 1. The fourth-order valence-electron chi connectivity index (χ4n) is 2.51. The van der Waals surface area contributed by atoms with Crippen LogP contribution in [-0.2, 0) is 31.6 Å². The topological polar surface area (TPSA) is 264 Å². The maximum atomic E-state index is 13.5. The van der Waals surface area contributed by atoms with Crippen LogP contribution in [0.3, 0.4) is 0 Å². The zero-order chi connectivity index (χ0) is 24.7. The van der Waals surface area contributed by atoms with Crippen LogP contribution in [0.15, 0.2) is 15.8 Å². The van der Waals surface area contributed by atoms with Gasteiger partial charge in [-0.25, -0.2) is 22.9 Å². The van der Waals surface area contributed by atoms with Crippen LogP contribution in [0.5, 0.6) is 0 Å². The molecule has 0 aromatic carbocycles. The molecule has 2 heterocycles. The molecular weight excluding hydrogens is 519 g/mol. The van der Waals surface area contributed by atoms with E-state index in [9.17, 15) is 47.2 Å². The minimum Gasteiger partial charge on any atom is -0.387 e. The Kier molecular flexibility index (Phi) is 7.81. The van der Waals surface area contributed by atoms with E-state index in [4.69, 9.17) is 19.4 Å². The number of alkyl halides is 1. The van der Waals surface area contributed by atoms with Gasteiger partial charge in [-0.2, -0.15) is 13.0 Å². The Labute approximate surface area is 174 Å². The number of aliphatic hydroxyl groups is 2. The third-order valence-electron chi connectivity index (χ3n) is 3.80. The number of ether oxygens (including phenoxy) is 1. The second-order valence-corrected chi connectivity index (χ2v) is 10.5. The van der Waals surface area contributed by atoms with Gasteiger partial charge in [0.05, 0.1) is 12.8 Å². The molecule has 1 aliphatic heterocycles. The molecule has 6 atom stereocenters. The van der Waals surface area contributed by atoms with E-state index in [1.165, 1.54) is 4.98 Å². The first-order chi connectivity index (χ1) is 14.4. The first kappa shape index (κ1) is 27.1. The van der Waals surface area contributed by atoms with E-state index in [2.05, 4.69) is 13.1 Å². The minimum atomic E-state index is -5.85. The van der Waals surface area contributed by atoms with E-state index in [-0.39, 0.29) is 10.8 Å². The minimum absolute atomic E-state index is 0.171. The summed E-state index contributed by atoms with van der Waals surface area (Å²) >= 11 is 0. The van der Waals surface area contributed by atoms with Crippen molar-refractivity contribution < 1.29 is 70.1 Å². The van der Waals surface area contributed by atoms with Crippen LogP contribution in [0.2, 0.25) is 0 Å². The van der Waals surface area contributed by atoms with Crippen LogP contribution in [-0.4, -0.2) is 70.4 Å². The lowest BCUT2D eigenvalue weighted by molar-refractivity contribution is -0.121. The number of aromatic nitrogens is 2. The summed E-state index contributed by atoms with van der Waals surface area (Å²) in [5.74, 6) is -1.55. The van der Waals surface area contributed by atoms with Crippen molar-refractivity contribution in [2.45, 2.75) is 24.0 Å². The lowest BCUT2D eigenvalue weighted by Gasteiger charge is -2.28. The van der Waals surface area contributed by atoms with Crippen molar-refractivity contribution in [1.29, 1.82) is 0 Å². The van der Waals surface area contributed by atoms with Crippen molar-refractivity contribution in [3.05, 3.63) is 32.9 Å². The summed E-state index contributed by atoms with van der Waals surface area (Å²) in [6, 6.07) is 0. The summed E-state index contributed by atoms with van der Waals surface area (Å²) in [6.45, 7) is -3.14. The highest BCUT2D eigenvalue weighted by atomic mass is 31.3. The summed E-state index contributed by atoms with van der Waals surface area (Å²) in [5, 5.41) is 20.5. The zero-order valence-electron chi connectivity index (χ0n) is 15.1. The van der Waals surface area contributed by atoms with Gasteiger partial charge in [0.1, 0.15) is 18.9 Å². The number of nitrogens with zero attached hydrogens (tertiary/aromatic N) is 1. The average molecular weight is 534 g/mol. The zero-order valence-corrected chi connectivity index (χ0v) is 17.8. The molecule has 1 fully saturated rings. The van der Waals surface area contributed by atoms with Gasteiger partial charge in [0.2, 0.25) is 5.82 Å². The molecule has 0 saturated carbocycles. The Morgan fingerprint density at radius 3 is 2.28 bits per heavy atom. The van der Waals surface area contributed by atoms with Gasteiger partial charge in [0.15, 0.2) is 11.8 Å². The predicted molar refractivity (Wildman–Crippen MR) is 91.9 cm³/mol. The molecule has 32 heavy (non-hydrogen) atoms. The van der Waals surface area contributed by atoms with Gasteiger partial charge in [-0.1, -0.05) is 0 Å². The van der Waals surface area contributed by atoms with Gasteiger partial charge in [-0.05, 0) is 0 Å². The van der Waals surface area contributed by atoms with Crippen LogP contribution in [0.4, 0.5) is 8.78 Å². The van der Waals surface area contributed by atoms with Crippen LogP contribution >= 0.6 is 23.5 Å². The molecule has 1 aliphatic rings. The number of H-pyrrole nitrogens is 1. The van der Waals surface area contributed by atoms with Crippen molar-refractivity contribution in [2.24, 2.45) is 0 Å². The fourth-order valence-corrected chi connectivity index (χ4v) is 5.54. The van der Waals surface area contributed by atoms with E-state index in [1.54, 1.807) is 0 Å². The third-order valence-corrected chi connectivity index (χ3v) is 7.61. The van der Waals surface area contributed by atoms with Crippen LogP contribution in [0.1, 0.15) is 6.23 Å². The number of halogens is 2. The third kappa shape index (κ3) is 6.24. The first-order valence-corrected chi connectivity index (χ1v) is 12.3. The molecule has 22 heteroatoms. The summed E-state index contributed by atoms with van der Waals surface area (Å²) < 4.78 is 76.9. The van der Waals surface area contributed by atoms with Gasteiger partial charge in [0.25, 0.3) is 5.56 Å². The van der Waals surface area contributed by atoms with Gasteiger partial charge in [-0.3, -0.25) is 18.9 Å². The fraction of sp³-hybridized carbons (Fsp3) is 0.600. The van der Waals surface area contributed by atoms with Gasteiger partial charge in [-0.15, -0.1) is 0 Å². The average Bonchev–Trinajstić information content (AvgIpc) is 2.85. The Morgan fingerprint density at radius 1 is 1.16 bits per heavy atom. The van der Waals surface area contributed by atoms with Gasteiger partial charge < -0.3 is 34.5 Å². The summed E-state index contributed by atoms with van der Waals surface area (Å²) in [5.41, 5.74) is -5.83. The van der Waals surface area contributed by atoms with Crippen molar-refractivity contribution in [3.63, 3.8) is 0 Å². The van der Waals surface area contributed by atoms with Gasteiger partial charge in [0, 0.05) is 0 Å². The molecule has 1 saturated heterocycles. The number of nitrogens with one attached hydrogen (secondary N) is 1. The van der Waals surface area contributed by atoms with Crippen LogP contribution in [0, 0.1) is 5.82 Å². The second-order valence-electron chi connectivity index (χ2n) is 6.13. The van der Waals surface area contributed by atoms with E-state index in [0.29, 0.717) is 0 Å². The first-order valence-electron chi connectivity index (χ1n) is 7.82. The lowest BCUT2D eigenvalue weighted by Crippen LogP contribution is -2.51. The summed E-state index contributed by atoms with van der Waals surface area (Å²) in [4.78, 5) is 59.8. The molecule has 184 valence electrons. The molecule has 1 aromatic heterocycles. The normalized spacial score (nSPS) is 30.1. The molecular formula is C10H15F2N2O15P3. The number of hydrogen-bond donors (Lipinski definition) is 7. The van der Waals surface area contributed by atoms with E-state index < -0.39 is 77.9 Å². The van der Waals surface area contributed by atoms with E-state index in [0.717, 1.165) is 0 Å². The van der Waals surface area contributed by atoms with Crippen molar-refractivity contribution in [1.82, 2.24) is 9.55 Å². The maximum Gasteiger partial charge on any atom is 0.490 e. The van der Waals surface area contributed by atoms with Crippen molar-refractivity contribution >= 4 is 23.5 Å². The SMILES string of the molecule is O=c1[nH]c(=O)n([C@@H]2O[C@H](COP(=O)(O)OP(=O)(O)OP(=O)(O)O)[C@H](O)C2(O)CF)cc1F. The van der Waals surface area contributed by atoms with Crippen LogP contribution < -0.4 is 11.2 Å². The number of aliphatic hydroxyl groups excluding tert-OH is 1. The lowest BCUT2D eigenvalue weighted by atomic mass is 9.95. The summed E-state index contributed by atoms with van der Waals surface area (Å²) in [6.07, 6.45) is -6.26. The number of hydrogen-bond acceptors (Lipinski definition) is 11. The highest BCUT2D eigenvalue weighted by molar-refractivity contribution is 7.66. The highest BCUT2D eigenvalue weighted by Crippen LogP contribution is 2.66. The number of phosphoric ester groups is 1. The quantitative estimate of drug-likeness (QED) is 0.169. The number of phosphoric acid groups is 3. The maximum absolute atomic E-state index is 13.5. The molecule has 2 rings (SSSR count). The summed E-state index contributed by atoms with van der Waals surface area (Å²) in [7, 11) is -17.2. The largest absolute Gasteiger partial charge is 0.490 e. The predicted octanol–water partition coefficient (Wildman–Crippen LogP) is -2.02. The Hall–Kier alpha value is -1.17. The monoisotopic (exact) mass is 534 g/mol. The second kappa shape index (κ2) is 9.23. The molecule has 7 N–H and O–H groups in total. The molecule has 3 unspecified atom stereocenters. The van der Waals surface area contributed by atoms with Crippen molar-refractivity contribution in [3.8, 4) is 0 Å². The molecule has 0 amide bonds. The van der Waals surface area contributed by atoms with E-state index >= 15 is 0 Å². The van der Waals surface area contributed by atoms with Crippen molar-refractivity contribution in [2.75, 3.05) is 13.3 Å². The number of rotatable bonds is 9. The van der Waals surface area contributed by atoms with E-state index in [1.807, 2.05) is 0 Å². The Balaban J connectivity index is 2.22. The molecule has 17 nitrogen and oxygen atoms in total. The Bertz CT molecular complexity index is 1120.